The van der Waals surface area contributed by atoms with Crippen LogP contribution >= 0.6 is 0 Å². The quantitative estimate of drug-likeness (QED) is 0.572. The van der Waals surface area contributed by atoms with Crippen LogP contribution in [0.15, 0.2) is 52.1 Å². The number of furan rings is 1. The van der Waals surface area contributed by atoms with E-state index in [2.05, 4.69) is 22.3 Å². The van der Waals surface area contributed by atoms with Crippen molar-refractivity contribution in [3.8, 4) is 5.75 Å². The molecule has 1 amide bonds. The van der Waals surface area contributed by atoms with Crippen LogP contribution in [0.1, 0.15) is 18.2 Å². The van der Waals surface area contributed by atoms with Crippen LogP contribution in [0.25, 0.3) is 0 Å². The summed E-state index contributed by atoms with van der Waals surface area (Å²) in [5.41, 5.74) is 1.25. The van der Waals surface area contributed by atoms with Crippen molar-refractivity contribution in [2.45, 2.75) is 19.8 Å². The Labute approximate surface area is 172 Å². The van der Waals surface area contributed by atoms with Gasteiger partial charge in [-0.2, -0.15) is 0 Å². The van der Waals surface area contributed by atoms with E-state index in [0.717, 1.165) is 63.0 Å². The fourth-order valence-electron chi connectivity index (χ4n) is 3.34. The van der Waals surface area contributed by atoms with Gasteiger partial charge in [-0.3, -0.25) is 9.79 Å². The van der Waals surface area contributed by atoms with E-state index in [4.69, 9.17) is 14.1 Å². The SMILES string of the molecule is COc1ccc(CCNC(=NCCc2ccco2)N2CCN(C(C)=O)CC2)cc1. The van der Waals surface area contributed by atoms with E-state index >= 15 is 0 Å². The van der Waals surface area contributed by atoms with Crippen molar-refractivity contribution < 1.29 is 13.9 Å². The average Bonchev–Trinajstić information content (AvgIpc) is 3.27. The van der Waals surface area contributed by atoms with Gasteiger partial charge in [0.25, 0.3) is 0 Å². The summed E-state index contributed by atoms with van der Waals surface area (Å²) in [4.78, 5) is 20.5. The fraction of sp³-hybridized carbons (Fsp3) is 0.455. The van der Waals surface area contributed by atoms with Crippen LogP contribution in [0.5, 0.6) is 5.75 Å². The minimum Gasteiger partial charge on any atom is -0.497 e. The molecule has 0 saturated carbocycles. The van der Waals surface area contributed by atoms with Gasteiger partial charge in [0.2, 0.25) is 5.91 Å². The first-order valence-corrected chi connectivity index (χ1v) is 10.1. The second kappa shape index (κ2) is 10.5. The third-order valence-electron chi connectivity index (χ3n) is 5.08. The number of amides is 1. The molecule has 0 bridgehead atoms. The van der Waals surface area contributed by atoms with Crippen LogP contribution in [0.2, 0.25) is 0 Å². The van der Waals surface area contributed by atoms with Crippen LogP contribution in [-0.2, 0) is 17.6 Å². The first-order chi connectivity index (χ1) is 14.2. The van der Waals surface area contributed by atoms with Gasteiger partial charge in [-0.05, 0) is 36.2 Å². The molecule has 0 atom stereocenters. The minimum atomic E-state index is 0.133. The van der Waals surface area contributed by atoms with Gasteiger partial charge in [-0.25, -0.2) is 0 Å². The lowest BCUT2D eigenvalue weighted by atomic mass is 10.1. The molecule has 1 aromatic carbocycles. The van der Waals surface area contributed by atoms with Crippen molar-refractivity contribution in [1.82, 2.24) is 15.1 Å². The Kier molecular flexibility index (Phi) is 7.55. The third kappa shape index (κ3) is 6.27. The number of methoxy groups -OCH3 is 1. The van der Waals surface area contributed by atoms with Gasteiger partial charge in [-0.1, -0.05) is 12.1 Å². The van der Waals surface area contributed by atoms with Crippen molar-refractivity contribution in [2.75, 3.05) is 46.4 Å². The molecule has 0 aliphatic carbocycles. The molecule has 156 valence electrons. The molecule has 1 fully saturated rings. The molecular weight excluding hydrogens is 368 g/mol. The summed E-state index contributed by atoms with van der Waals surface area (Å²) in [6, 6.07) is 12.0. The highest BCUT2D eigenvalue weighted by Gasteiger charge is 2.21. The van der Waals surface area contributed by atoms with Crippen molar-refractivity contribution >= 4 is 11.9 Å². The molecule has 3 rings (SSSR count). The minimum absolute atomic E-state index is 0.133. The summed E-state index contributed by atoms with van der Waals surface area (Å²) in [7, 11) is 1.67. The number of carbonyl (C=O) groups excluding carboxylic acids is 1. The van der Waals surface area contributed by atoms with Gasteiger partial charge in [0.1, 0.15) is 11.5 Å². The maximum atomic E-state index is 11.6. The van der Waals surface area contributed by atoms with E-state index in [-0.39, 0.29) is 5.91 Å². The first kappa shape index (κ1) is 20.8. The highest BCUT2D eigenvalue weighted by atomic mass is 16.5. The van der Waals surface area contributed by atoms with Crippen molar-refractivity contribution in [3.05, 3.63) is 54.0 Å². The highest BCUT2D eigenvalue weighted by Crippen LogP contribution is 2.11. The van der Waals surface area contributed by atoms with Crippen LogP contribution < -0.4 is 10.1 Å². The molecule has 1 aromatic heterocycles. The number of rotatable bonds is 7. The molecule has 7 nitrogen and oxygen atoms in total. The van der Waals surface area contributed by atoms with Crippen LogP contribution in [0, 0.1) is 0 Å². The molecule has 1 N–H and O–H groups in total. The predicted octanol–water partition coefficient (Wildman–Crippen LogP) is 2.18. The van der Waals surface area contributed by atoms with Gasteiger partial charge in [0.05, 0.1) is 13.4 Å². The normalized spacial score (nSPS) is 14.8. The molecule has 0 radical (unpaired) electrons. The summed E-state index contributed by atoms with van der Waals surface area (Å²) >= 11 is 0. The Bertz CT molecular complexity index is 779. The summed E-state index contributed by atoms with van der Waals surface area (Å²) < 4.78 is 10.6. The second-order valence-corrected chi connectivity index (χ2v) is 7.05. The Balaban J connectivity index is 1.56. The molecule has 0 spiro atoms. The molecule has 0 unspecified atom stereocenters. The second-order valence-electron chi connectivity index (χ2n) is 7.05. The van der Waals surface area contributed by atoms with Crippen molar-refractivity contribution in [1.29, 1.82) is 0 Å². The largest absolute Gasteiger partial charge is 0.497 e. The standard InChI is InChI=1S/C22H30N4O3/c1-18(27)25-13-15-26(16-14-25)22(24-12-10-21-4-3-17-29-21)23-11-9-19-5-7-20(28-2)8-6-19/h3-8,17H,9-16H2,1-2H3,(H,23,24). The van der Waals surface area contributed by atoms with Gasteiger partial charge >= 0.3 is 0 Å². The number of aliphatic imine (C=N–C) groups is 1. The maximum absolute atomic E-state index is 11.6. The van der Waals surface area contributed by atoms with Gasteiger partial charge in [0, 0.05) is 52.6 Å². The Morgan fingerprint density at radius 2 is 1.83 bits per heavy atom. The number of hydrogen-bond donors (Lipinski definition) is 1. The molecule has 1 aliphatic heterocycles. The van der Waals surface area contributed by atoms with Gasteiger partial charge < -0.3 is 24.3 Å². The summed E-state index contributed by atoms with van der Waals surface area (Å²) in [5.74, 6) is 2.83. The number of nitrogens with zero attached hydrogens (tertiary/aromatic N) is 3. The van der Waals surface area contributed by atoms with E-state index in [9.17, 15) is 4.79 Å². The zero-order valence-corrected chi connectivity index (χ0v) is 17.3. The monoisotopic (exact) mass is 398 g/mol. The summed E-state index contributed by atoms with van der Waals surface area (Å²) in [6.45, 7) is 6.11. The van der Waals surface area contributed by atoms with E-state index in [1.165, 1.54) is 5.56 Å². The summed E-state index contributed by atoms with van der Waals surface area (Å²) in [6.07, 6.45) is 3.35. The molecule has 29 heavy (non-hydrogen) atoms. The van der Waals surface area contributed by atoms with Crippen molar-refractivity contribution in [2.24, 2.45) is 4.99 Å². The predicted molar refractivity (Wildman–Crippen MR) is 113 cm³/mol. The van der Waals surface area contributed by atoms with E-state index < -0.39 is 0 Å². The molecule has 1 saturated heterocycles. The lowest BCUT2D eigenvalue weighted by Gasteiger charge is -2.36. The average molecular weight is 399 g/mol. The maximum Gasteiger partial charge on any atom is 0.219 e. The molecule has 1 aliphatic rings. The van der Waals surface area contributed by atoms with Crippen LogP contribution in [-0.4, -0.2) is 68.0 Å². The highest BCUT2D eigenvalue weighted by molar-refractivity contribution is 5.80. The Hall–Kier alpha value is -2.96. The number of nitrogens with one attached hydrogen (secondary N) is 1. The number of piperazine rings is 1. The number of guanidine groups is 1. The fourth-order valence-corrected chi connectivity index (χ4v) is 3.34. The lowest BCUT2D eigenvalue weighted by Crippen LogP contribution is -2.53. The topological polar surface area (TPSA) is 70.3 Å². The zero-order chi connectivity index (χ0) is 20.5. The molecule has 2 aromatic rings. The van der Waals surface area contributed by atoms with Crippen LogP contribution in [0.4, 0.5) is 0 Å². The van der Waals surface area contributed by atoms with Gasteiger partial charge in [-0.15, -0.1) is 0 Å². The summed E-state index contributed by atoms with van der Waals surface area (Å²) in [5, 5.41) is 3.50. The van der Waals surface area contributed by atoms with E-state index in [1.54, 1.807) is 20.3 Å². The number of hydrogen-bond acceptors (Lipinski definition) is 4. The van der Waals surface area contributed by atoms with Crippen molar-refractivity contribution in [3.63, 3.8) is 0 Å². The van der Waals surface area contributed by atoms with Crippen LogP contribution in [0.3, 0.4) is 0 Å². The molecule has 7 heteroatoms. The third-order valence-corrected chi connectivity index (χ3v) is 5.08. The molecule has 2 heterocycles. The number of ether oxygens (including phenoxy) is 1. The van der Waals surface area contributed by atoms with Gasteiger partial charge in [0.15, 0.2) is 5.96 Å². The van der Waals surface area contributed by atoms with E-state index in [0.29, 0.717) is 6.54 Å². The molecular formula is C22H30N4O3. The first-order valence-electron chi connectivity index (χ1n) is 10.1. The Morgan fingerprint density at radius 3 is 2.45 bits per heavy atom. The number of carbonyl (C=O) groups is 1. The zero-order valence-electron chi connectivity index (χ0n) is 17.3. The Morgan fingerprint density at radius 1 is 1.10 bits per heavy atom. The smallest absolute Gasteiger partial charge is 0.219 e. The number of benzene rings is 1. The van der Waals surface area contributed by atoms with E-state index in [1.807, 2.05) is 29.2 Å². The lowest BCUT2D eigenvalue weighted by molar-refractivity contribution is -0.130.